The number of benzene rings is 7. The monoisotopic (exact) mass is 883 g/mol. The first-order chi connectivity index (χ1) is 30.8. The van der Waals surface area contributed by atoms with Crippen LogP contribution in [0.4, 0.5) is 0 Å². The van der Waals surface area contributed by atoms with Crippen LogP contribution in [0.3, 0.4) is 0 Å². The molecule has 0 atom stereocenters. The summed E-state index contributed by atoms with van der Waals surface area (Å²) in [7, 11) is 0. The van der Waals surface area contributed by atoms with Gasteiger partial charge in [-0.1, -0.05) is 140 Å². The highest BCUT2D eigenvalue weighted by atomic mass is 35.5. The molecule has 5 heterocycles. The molecule has 3 nitrogen and oxygen atoms in total. The lowest BCUT2D eigenvalue weighted by molar-refractivity contribution is 0.590. The summed E-state index contributed by atoms with van der Waals surface area (Å²) in [5, 5.41) is 13.6. The quantitative estimate of drug-likeness (QED) is 0.156. The van der Waals surface area contributed by atoms with Gasteiger partial charge in [0.05, 0.1) is 54.8 Å². The zero-order valence-electron chi connectivity index (χ0n) is 41.5. The summed E-state index contributed by atoms with van der Waals surface area (Å²) in [6, 6.07) is 40.7. The summed E-state index contributed by atoms with van der Waals surface area (Å²) in [5.74, 6) is 0. The first-order valence-corrected chi connectivity index (χ1v) is 24.4. The van der Waals surface area contributed by atoms with Crippen molar-refractivity contribution in [3.63, 3.8) is 0 Å². The van der Waals surface area contributed by atoms with E-state index in [1.807, 2.05) is 0 Å². The van der Waals surface area contributed by atoms with Crippen molar-refractivity contribution < 1.29 is 0 Å². The van der Waals surface area contributed by atoms with Crippen LogP contribution in [0.15, 0.2) is 103 Å². The van der Waals surface area contributed by atoms with Crippen molar-refractivity contribution in [3.8, 4) is 5.69 Å². The van der Waals surface area contributed by atoms with Crippen LogP contribution in [0.1, 0.15) is 132 Å². The molecule has 12 aromatic rings. The second kappa shape index (κ2) is 12.8. The number of aromatic nitrogens is 3. The Hall–Kier alpha value is -5.77. The summed E-state index contributed by atoms with van der Waals surface area (Å²) in [4.78, 5) is 0. The molecule has 0 fully saturated rings. The Balaban J connectivity index is 1.27. The van der Waals surface area contributed by atoms with E-state index in [9.17, 15) is 0 Å². The van der Waals surface area contributed by atoms with E-state index in [4.69, 9.17) is 11.6 Å². The lowest BCUT2D eigenvalue weighted by Gasteiger charge is -2.20. The van der Waals surface area contributed by atoms with Crippen LogP contribution >= 0.6 is 11.6 Å². The van der Waals surface area contributed by atoms with E-state index >= 15 is 0 Å². The lowest BCUT2D eigenvalue weighted by Crippen LogP contribution is -2.11. The maximum Gasteiger partial charge on any atom is 0.0668 e. The van der Waals surface area contributed by atoms with Crippen molar-refractivity contribution >= 4 is 110 Å². The molecule has 0 saturated carbocycles. The van der Waals surface area contributed by atoms with Crippen LogP contribution in [-0.4, -0.2) is 13.4 Å². The Labute approximate surface area is 393 Å². The number of fused-ring (bicyclic) bond motifs is 16. The molecule has 0 radical (unpaired) electrons. The fourth-order valence-electron chi connectivity index (χ4n) is 11.4. The van der Waals surface area contributed by atoms with Crippen LogP contribution in [-0.2, 0) is 27.1 Å². The predicted octanol–water partition coefficient (Wildman–Crippen LogP) is 18.2. The third-order valence-corrected chi connectivity index (χ3v) is 15.6. The van der Waals surface area contributed by atoms with Gasteiger partial charge in [-0.15, -0.1) is 0 Å². The molecule has 0 saturated heterocycles. The van der Waals surface area contributed by atoms with Gasteiger partial charge in [-0.25, -0.2) is 0 Å². The zero-order chi connectivity index (χ0) is 46.7. The fraction of sp³-hybridized carbons (Fsp3) is 0.323. The van der Waals surface area contributed by atoms with Crippen molar-refractivity contribution in [1.82, 2.24) is 13.4 Å². The minimum atomic E-state index is -0.0378. The molecule has 332 valence electrons. The summed E-state index contributed by atoms with van der Waals surface area (Å²) in [5.41, 5.74) is 17.5. The van der Waals surface area contributed by atoms with Crippen molar-refractivity contribution in [2.45, 2.75) is 131 Å². The van der Waals surface area contributed by atoms with E-state index in [0.29, 0.717) is 0 Å². The minimum absolute atomic E-state index is 0.0127. The molecule has 0 aliphatic heterocycles. The Bertz CT molecular complexity index is 3980. The number of halogens is 1. The van der Waals surface area contributed by atoms with Crippen molar-refractivity contribution in [3.05, 3.63) is 136 Å². The van der Waals surface area contributed by atoms with E-state index in [1.165, 1.54) is 120 Å². The SMILES string of the molecule is CC(C)(C)c1ccc2c(c1)c1cc(C(C)(C)C)ccc1n2-c1cc2c3cc4c5cc(C(C)(C)C)cc6c7cc(C(C)(C)C)ccc7n(c65)c4c4c5cc(C(C)(C)C)ccc5n(c2cc1Cl)c34. The van der Waals surface area contributed by atoms with Gasteiger partial charge in [0.1, 0.15) is 0 Å². The topological polar surface area (TPSA) is 13.8 Å². The molecule has 12 rings (SSSR count). The van der Waals surface area contributed by atoms with Crippen LogP contribution in [0, 0.1) is 0 Å². The number of nitrogens with zero attached hydrogens (tertiary/aromatic N) is 3. The van der Waals surface area contributed by atoms with Gasteiger partial charge in [0, 0.05) is 53.9 Å². The third kappa shape index (κ3) is 5.62. The standard InChI is InChI=1S/C62H62ClN3/c1-58(2,3)33-16-20-48-38(24-33)39-25-34(59(4,5)6)17-21-49(39)64(48)53-31-41-44-30-45-43-29-37(62(13,14)15)28-42-40-26-35(60(7,8)9)18-22-50(40)66(55(42)43)57(45)54-46-27-36(61(10,11)12)19-23-51(46)65(56(44)54)52(41)32-47(53)63/h16-32H,1-15H3. The molecular formula is C62H62ClN3. The van der Waals surface area contributed by atoms with Gasteiger partial charge in [-0.3, -0.25) is 0 Å². The average molecular weight is 885 g/mol. The van der Waals surface area contributed by atoms with Gasteiger partial charge in [0.25, 0.3) is 0 Å². The molecule has 7 aromatic carbocycles. The highest BCUT2D eigenvalue weighted by Crippen LogP contribution is 2.51. The zero-order valence-corrected chi connectivity index (χ0v) is 42.3. The second-order valence-corrected chi connectivity index (χ2v) is 25.4. The smallest absolute Gasteiger partial charge is 0.0668 e. The molecule has 0 bridgehead atoms. The minimum Gasteiger partial charge on any atom is -0.308 e. The van der Waals surface area contributed by atoms with Crippen LogP contribution < -0.4 is 0 Å². The van der Waals surface area contributed by atoms with Gasteiger partial charge in [-0.2, -0.15) is 0 Å². The second-order valence-electron chi connectivity index (χ2n) is 25.0. The van der Waals surface area contributed by atoms with E-state index in [2.05, 4.69) is 220 Å². The molecule has 0 spiro atoms. The molecule has 0 unspecified atom stereocenters. The number of rotatable bonds is 1. The summed E-state index contributed by atoms with van der Waals surface area (Å²) in [6.07, 6.45) is 0. The fourth-order valence-corrected chi connectivity index (χ4v) is 11.6. The van der Waals surface area contributed by atoms with Gasteiger partial charge < -0.3 is 13.4 Å². The van der Waals surface area contributed by atoms with E-state index in [0.717, 1.165) is 16.2 Å². The number of hydrogen-bond donors (Lipinski definition) is 0. The molecule has 0 amide bonds. The van der Waals surface area contributed by atoms with Gasteiger partial charge >= 0.3 is 0 Å². The first kappa shape index (κ1) is 41.6. The van der Waals surface area contributed by atoms with Gasteiger partial charge in [-0.05, 0) is 134 Å². The third-order valence-electron chi connectivity index (χ3n) is 15.3. The molecule has 0 N–H and O–H groups in total. The van der Waals surface area contributed by atoms with E-state index in [1.54, 1.807) is 0 Å². The highest BCUT2D eigenvalue weighted by molar-refractivity contribution is 6.38. The van der Waals surface area contributed by atoms with Crippen LogP contribution in [0.2, 0.25) is 5.02 Å². The highest BCUT2D eigenvalue weighted by Gasteiger charge is 2.30. The summed E-state index contributed by atoms with van der Waals surface area (Å²) in [6.45, 7) is 34.8. The van der Waals surface area contributed by atoms with Crippen LogP contribution in [0.25, 0.3) is 104 Å². The van der Waals surface area contributed by atoms with E-state index in [-0.39, 0.29) is 27.1 Å². The maximum atomic E-state index is 7.73. The normalized spacial score (nSPS) is 14.1. The largest absolute Gasteiger partial charge is 0.308 e. The van der Waals surface area contributed by atoms with Crippen molar-refractivity contribution in [2.75, 3.05) is 0 Å². The Morgan fingerprint density at radius 1 is 0.303 bits per heavy atom. The molecule has 5 aromatic heterocycles. The Morgan fingerprint density at radius 3 is 1.14 bits per heavy atom. The molecule has 0 aliphatic carbocycles. The lowest BCUT2D eigenvalue weighted by atomic mass is 9.84. The Morgan fingerprint density at radius 2 is 0.652 bits per heavy atom. The molecule has 66 heavy (non-hydrogen) atoms. The Kier molecular flexibility index (Phi) is 8.08. The first-order valence-electron chi connectivity index (χ1n) is 24.0. The summed E-state index contributed by atoms with van der Waals surface area (Å²) >= 11 is 7.73. The predicted molar refractivity (Wildman–Crippen MR) is 289 cm³/mol. The molecular weight excluding hydrogens is 822 g/mol. The van der Waals surface area contributed by atoms with Crippen molar-refractivity contribution in [1.29, 1.82) is 0 Å². The summed E-state index contributed by atoms with van der Waals surface area (Å²) < 4.78 is 7.58. The van der Waals surface area contributed by atoms with Gasteiger partial charge in [0.15, 0.2) is 0 Å². The van der Waals surface area contributed by atoms with E-state index < -0.39 is 0 Å². The maximum absolute atomic E-state index is 7.73. The van der Waals surface area contributed by atoms with Gasteiger partial charge in [0.2, 0.25) is 0 Å². The van der Waals surface area contributed by atoms with Crippen molar-refractivity contribution in [2.24, 2.45) is 0 Å². The molecule has 4 heteroatoms. The number of hydrogen-bond acceptors (Lipinski definition) is 0. The average Bonchev–Trinajstić information content (AvgIpc) is 4.00. The molecule has 0 aliphatic rings. The van der Waals surface area contributed by atoms with Crippen LogP contribution in [0.5, 0.6) is 0 Å².